The van der Waals surface area contributed by atoms with Gasteiger partial charge in [-0.1, -0.05) is 18.2 Å². The van der Waals surface area contributed by atoms with Gasteiger partial charge in [-0.25, -0.2) is 13.1 Å². The Morgan fingerprint density at radius 2 is 1.73 bits per heavy atom. The third-order valence-corrected chi connectivity index (χ3v) is 7.13. The summed E-state index contributed by atoms with van der Waals surface area (Å²) in [4.78, 5) is 15.2. The quantitative estimate of drug-likeness (QED) is 0.391. The first kappa shape index (κ1) is 22.2. The van der Waals surface area contributed by atoms with Crippen molar-refractivity contribution in [3.8, 4) is 0 Å². The molecule has 0 spiro atoms. The minimum Gasteiger partial charge on any atom is -0.369 e. The number of nitro benzene ring substituents is 1. The van der Waals surface area contributed by atoms with Gasteiger partial charge in [0.2, 0.25) is 10.0 Å². The third-order valence-electron chi connectivity index (χ3n) is 5.54. The second-order valence-electron chi connectivity index (χ2n) is 7.56. The highest BCUT2D eigenvalue weighted by atomic mass is 32.2. The summed E-state index contributed by atoms with van der Waals surface area (Å²) in [6, 6.07) is 12.8. The molecule has 1 N–H and O–H groups in total. The monoisotopic (exact) mass is 432 g/mol. The summed E-state index contributed by atoms with van der Waals surface area (Å²) in [5, 5.41) is 11.1. The number of nitrogens with zero attached hydrogens (tertiary/aromatic N) is 3. The molecule has 0 bridgehead atoms. The van der Waals surface area contributed by atoms with Crippen LogP contribution >= 0.6 is 0 Å². The lowest BCUT2D eigenvalue weighted by Gasteiger charge is -2.36. The van der Waals surface area contributed by atoms with Crippen molar-refractivity contribution in [2.24, 2.45) is 0 Å². The third kappa shape index (κ3) is 5.35. The minimum absolute atomic E-state index is 0.0225. The van der Waals surface area contributed by atoms with E-state index in [9.17, 15) is 18.5 Å². The van der Waals surface area contributed by atoms with Gasteiger partial charge in [0.05, 0.1) is 9.82 Å². The first-order valence-corrected chi connectivity index (χ1v) is 11.5. The molecule has 2 aromatic rings. The fraction of sp³-hybridized carbons (Fsp3) is 0.429. The predicted molar refractivity (Wildman–Crippen MR) is 117 cm³/mol. The summed E-state index contributed by atoms with van der Waals surface area (Å²) in [5.74, 6) is 0. The molecule has 1 aliphatic rings. The Bertz CT molecular complexity index is 988. The minimum atomic E-state index is -3.80. The Hall–Kier alpha value is -2.49. The second kappa shape index (κ2) is 9.55. The predicted octanol–water partition coefficient (Wildman–Crippen LogP) is 2.70. The summed E-state index contributed by atoms with van der Waals surface area (Å²) in [6.07, 6.45) is 0.678. The molecule has 0 unspecified atom stereocenters. The van der Waals surface area contributed by atoms with E-state index in [4.69, 9.17) is 0 Å². The van der Waals surface area contributed by atoms with Gasteiger partial charge in [-0.05, 0) is 50.1 Å². The molecule has 9 heteroatoms. The van der Waals surface area contributed by atoms with Crippen molar-refractivity contribution < 1.29 is 13.3 Å². The molecule has 2 aromatic carbocycles. The van der Waals surface area contributed by atoms with Crippen LogP contribution in [0.25, 0.3) is 0 Å². The number of para-hydroxylation sites is 1. The molecule has 0 atom stereocenters. The zero-order valence-corrected chi connectivity index (χ0v) is 18.2. The van der Waals surface area contributed by atoms with E-state index in [2.05, 4.69) is 26.7 Å². The standard InChI is InChI=1S/C21H28N4O4S/c1-17-15-20(25(26)27)16-21(18(17)2)30(28,29)22-9-6-10-23-11-13-24(14-12-23)19-7-4-3-5-8-19/h3-5,7-8,15-16,22H,6,9-14H2,1-2H3. The molecule has 3 rings (SSSR count). The molecular formula is C21H28N4O4S. The van der Waals surface area contributed by atoms with Crippen molar-refractivity contribution in [3.63, 3.8) is 0 Å². The summed E-state index contributed by atoms with van der Waals surface area (Å²) >= 11 is 0. The van der Waals surface area contributed by atoms with Gasteiger partial charge >= 0.3 is 0 Å². The number of nitro groups is 1. The lowest BCUT2D eigenvalue weighted by Crippen LogP contribution is -2.47. The van der Waals surface area contributed by atoms with Crippen molar-refractivity contribution in [2.75, 3.05) is 44.2 Å². The van der Waals surface area contributed by atoms with E-state index >= 15 is 0 Å². The highest BCUT2D eigenvalue weighted by Crippen LogP contribution is 2.25. The molecule has 0 saturated carbocycles. The maximum Gasteiger partial charge on any atom is 0.271 e. The molecule has 30 heavy (non-hydrogen) atoms. The fourth-order valence-corrected chi connectivity index (χ4v) is 5.06. The van der Waals surface area contributed by atoms with Crippen LogP contribution in [0.2, 0.25) is 0 Å². The number of benzene rings is 2. The van der Waals surface area contributed by atoms with Crippen LogP contribution in [0.15, 0.2) is 47.4 Å². The molecule has 0 aliphatic carbocycles. The number of sulfonamides is 1. The number of rotatable bonds is 8. The van der Waals surface area contributed by atoms with Crippen LogP contribution in [0.1, 0.15) is 17.5 Å². The fourth-order valence-electron chi connectivity index (χ4n) is 3.65. The van der Waals surface area contributed by atoms with Crippen molar-refractivity contribution in [1.82, 2.24) is 9.62 Å². The Labute approximate surface area is 177 Å². The summed E-state index contributed by atoms with van der Waals surface area (Å²) in [6.45, 7) is 8.20. The molecule has 1 heterocycles. The van der Waals surface area contributed by atoms with E-state index in [0.717, 1.165) is 38.8 Å². The molecule has 0 aromatic heterocycles. The molecule has 0 radical (unpaired) electrons. The van der Waals surface area contributed by atoms with Gasteiger partial charge in [-0.15, -0.1) is 0 Å². The van der Waals surface area contributed by atoms with Gasteiger partial charge < -0.3 is 4.90 Å². The summed E-state index contributed by atoms with van der Waals surface area (Å²) in [7, 11) is -3.80. The SMILES string of the molecule is Cc1cc([N+](=O)[O-])cc(S(=O)(=O)NCCCN2CCN(c3ccccc3)CC2)c1C. The number of non-ortho nitro benzene ring substituents is 1. The molecule has 0 amide bonds. The van der Waals surface area contributed by atoms with Crippen molar-refractivity contribution >= 4 is 21.4 Å². The van der Waals surface area contributed by atoms with Gasteiger partial charge in [0, 0.05) is 50.5 Å². The number of hydrogen-bond acceptors (Lipinski definition) is 6. The molecule has 1 saturated heterocycles. The molecule has 1 fully saturated rings. The second-order valence-corrected chi connectivity index (χ2v) is 9.29. The highest BCUT2D eigenvalue weighted by molar-refractivity contribution is 7.89. The van der Waals surface area contributed by atoms with Crippen LogP contribution in [0.3, 0.4) is 0 Å². The van der Waals surface area contributed by atoms with E-state index in [-0.39, 0.29) is 10.6 Å². The number of aryl methyl sites for hydroxylation is 1. The summed E-state index contributed by atoms with van der Waals surface area (Å²) in [5.41, 5.74) is 2.13. The number of anilines is 1. The van der Waals surface area contributed by atoms with Gasteiger partial charge in [0.1, 0.15) is 0 Å². The zero-order valence-electron chi connectivity index (χ0n) is 17.4. The Morgan fingerprint density at radius 1 is 1.07 bits per heavy atom. The lowest BCUT2D eigenvalue weighted by molar-refractivity contribution is -0.385. The van der Waals surface area contributed by atoms with Crippen LogP contribution in [-0.2, 0) is 10.0 Å². The normalized spacial score (nSPS) is 15.3. The number of hydrogen-bond donors (Lipinski definition) is 1. The Kier molecular flexibility index (Phi) is 7.06. The largest absolute Gasteiger partial charge is 0.369 e. The first-order chi connectivity index (χ1) is 14.3. The van der Waals surface area contributed by atoms with Gasteiger partial charge in [0.25, 0.3) is 5.69 Å². The summed E-state index contributed by atoms with van der Waals surface area (Å²) < 4.78 is 28.0. The first-order valence-electron chi connectivity index (χ1n) is 10.1. The van der Waals surface area contributed by atoms with Gasteiger partial charge in [-0.3, -0.25) is 15.0 Å². The highest BCUT2D eigenvalue weighted by Gasteiger charge is 2.22. The van der Waals surface area contributed by atoms with Gasteiger partial charge in [0.15, 0.2) is 0 Å². The lowest BCUT2D eigenvalue weighted by atomic mass is 10.1. The average molecular weight is 433 g/mol. The topological polar surface area (TPSA) is 95.8 Å². The molecule has 1 aliphatic heterocycles. The van der Waals surface area contributed by atoms with Crippen LogP contribution in [-0.4, -0.2) is 57.5 Å². The van der Waals surface area contributed by atoms with Crippen molar-refractivity contribution in [3.05, 3.63) is 63.7 Å². The smallest absolute Gasteiger partial charge is 0.271 e. The Balaban J connectivity index is 1.49. The molecule has 162 valence electrons. The van der Waals surface area contributed by atoms with E-state index in [1.54, 1.807) is 13.8 Å². The number of piperazine rings is 1. The van der Waals surface area contributed by atoms with E-state index in [1.807, 2.05) is 18.2 Å². The van der Waals surface area contributed by atoms with Crippen LogP contribution < -0.4 is 9.62 Å². The van der Waals surface area contributed by atoms with Crippen molar-refractivity contribution in [1.29, 1.82) is 0 Å². The van der Waals surface area contributed by atoms with E-state index in [1.165, 1.54) is 11.8 Å². The maximum atomic E-state index is 12.7. The molecular weight excluding hydrogens is 404 g/mol. The Morgan fingerprint density at radius 3 is 2.37 bits per heavy atom. The molecule has 8 nitrogen and oxygen atoms in total. The number of nitrogens with one attached hydrogen (secondary N) is 1. The van der Waals surface area contributed by atoms with E-state index < -0.39 is 14.9 Å². The van der Waals surface area contributed by atoms with Crippen LogP contribution in [0, 0.1) is 24.0 Å². The zero-order chi connectivity index (χ0) is 21.7. The van der Waals surface area contributed by atoms with Crippen LogP contribution in [0.5, 0.6) is 0 Å². The van der Waals surface area contributed by atoms with Crippen LogP contribution in [0.4, 0.5) is 11.4 Å². The van der Waals surface area contributed by atoms with Gasteiger partial charge in [-0.2, -0.15) is 0 Å². The average Bonchev–Trinajstić information content (AvgIpc) is 2.74. The maximum absolute atomic E-state index is 12.7. The van der Waals surface area contributed by atoms with Crippen molar-refractivity contribution in [2.45, 2.75) is 25.2 Å². The van der Waals surface area contributed by atoms with E-state index in [0.29, 0.717) is 24.1 Å².